The molecule has 9 heteroatoms. The molecule has 0 aromatic heterocycles. The summed E-state index contributed by atoms with van der Waals surface area (Å²) < 4.78 is 52.2. The average Bonchev–Trinajstić information content (AvgIpc) is 2.61. The number of halogens is 3. The highest BCUT2D eigenvalue weighted by atomic mass is 19.4. The predicted octanol–water partition coefficient (Wildman–Crippen LogP) is 3.11. The third-order valence-corrected chi connectivity index (χ3v) is 3.59. The number of guanidine groups is 1. The van der Waals surface area contributed by atoms with Crippen LogP contribution in [0.5, 0.6) is 17.2 Å². The van der Waals surface area contributed by atoms with Crippen molar-refractivity contribution in [2.75, 3.05) is 34.9 Å². The number of hydrogen-bond donors (Lipinski definition) is 2. The van der Waals surface area contributed by atoms with Gasteiger partial charge in [0.05, 0.1) is 21.3 Å². The van der Waals surface area contributed by atoms with Crippen LogP contribution in [-0.2, 0) is 6.54 Å². The van der Waals surface area contributed by atoms with Gasteiger partial charge < -0.3 is 24.8 Å². The van der Waals surface area contributed by atoms with Crippen molar-refractivity contribution >= 4 is 5.96 Å². The Balaban J connectivity index is 2.55. The summed E-state index contributed by atoms with van der Waals surface area (Å²) in [5.41, 5.74) is 0.875. The minimum atomic E-state index is -4.10. The molecule has 26 heavy (non-hydrogen) atoms. The SMILES string of the molecule is CN=C(NCCCCC(F)(F)F)NCc1cc(OC)c(OC)c(OC)c1. The highest BCUT2D eigenvalue weighted by molar-refractivity contribution is 5.79. The lowest BCUT2D eigenvalue weighted by Gasteiger charge is -2.16. The molecule has 1 aromatic carbocycles. The molecule has 0 aliphatic rings. The number of benzene rings is 1. The number of hydrogen-bond acceptors (Lipinski definition) is 4. The summed E-state index contributed by atoms with van der Waals surface area (Å²) in [5, 5.41) is 6.09. The Hall–Kier alpha value is -2.32. The van der Waals surface area contributed by atoms with Crippen LogP contribution in [0.1, 0.15) is 24.8 Å². The van der Waals surface area contributed by atoms with E-state index in [4.69, 9.17) is 14.2 Å². The van der Waals surface area contributed by atoms with Crippen LogP contribution in [0.3, 0.4) is 0 Å². The minimum absolute atomic E-state index is 0.0837. The highest BCUT2D eigenvalue weighted by Gasteiger charge is 2.25. The molecule has 6 nitrogen and oxygen atoms in total. The van der Waals surface area contributed by atoms with Gasteiger partial charge in [-0.1, -0.05) is 0 Å². The fourth-order valence-electron chi connectivity index (χ4n) is 2.30. The van der Waals surface area contributed by atoms with Crippen LogP contribution in [0.2, 0.25) is 0 Å². The zero-order chi connectivity index (χ0) is 19.6. The lowest BCUT2D eigenvalue weighted by Crippen LogP contribution is -2.37. The maximum atomic E-state index is 12.1. The normalized spacial score (nSPS) is 11.9. The van der Waals surface area contributed by atoms with Crippen molar-refractivity contribution in [2.45, 2.75) is 32.0 Å². The molecule has 0 saturated heterocycles. The number of aliphatic imine (C=N–C) groups is 1. The van der Waals surface area contributed by atoms with Gasteiger partial charge in [-0.3, -0.25) is 4.99 Å². The van der Waals surface area contributed by atoms with E-state index in [0.29, 0.717) is 42.7 Å². The summed E-state index contributed by atoms with van der Waals surface area (Å²) in [6, 6.07) is 3.62. The second kappa shape index (κ2) is 10.6. The maximum Gasteiger partial charge on any atom is 0.389 e. The van der Waals surface area contributed by atoms with Crippen molar-refractivity contribution in [3.8, 4) is 17.2 Å². The second-order valence-corrected chi connectivity index (χ2v) is 5.46. The molecule has 0 amide bonds. The van der Waals surface area contributed by atoms with Gasteiger partial charge in [-0.05, 0) is 30.5 Å². The number of methoxy groups -OCH3 is 3. The topological polar surface area (TPSA) is 64.1 Å². The Morgan fingerprint density at radius 1 is 1.00 bits per heavy atom. The predicted molar refractivity (Wildman–Crippen MR) is 94.2 cm³/mol. The number of alkyl halides is 3. The molecule has 148 valence electrons. The number of rotatable bonds is 9. The standard InChI is InChI=1S/C17H26F3N3O3/c1-21-16(22-8-6-5-7-17(18,19)20)23-11-12-9-13(24-2)15(26-4)14(10-12)25-3/h9-10H,5-8,11H2,1-4H3,(H2,21,22,23). The van der Waals surface area contributed by atoms with Crippen LogP contribution >= 0.6 is 0 Å². The Morgan fingerprint density at radius 2 is 1.62 bits per heavy atom. The lowest BCUT2D eigenvalue weighted by molar-refractivity contribution is -0.135. The smallest absolute Gasteiger partial charge is 0.389 e. The first-order valence-corrected chi connectivity index (χ1v) is 8.14. The van der Waals surface area contributed by atoms with E-state index in [1.807, 2.05) is 12.1 Å². The zero-order valence-electron chi connectivity index (χ0n) is 15.5. The molecule has 0 fully saturated rings. The summed E-state index contributed by atoms with van der Waals surface area (Å²) in [6.07, 6.45) is -4.39. The summed E-state index contributed by atoms with van der Waals surface area (Å²) in [5.74, 6) is 2.09. The van der Waals surface area contributed by atoms with Crippen molar-refractivity contribution in [1.29, 1.82) is 0 Å². The summed E-state index contributed by atoms with van der Waals surface area (Å²) in [4.78, 5) is 4.05. The summed E-state index contributed by atoms with van der Waals surface area (Å²) >= 11 is 0. The van der Waals surface area contributed by atoms with Crippen molar-refractivity contribution in [3.05, 3.63) is 17.7 Å². The third kappa shape index (κ3) is 7.28. The van der Waals surface area contributed by atoms with Gasteiger partial charge in [-0.25, -0.2) is 0 Å². The van der Waals surface area contributed by atoms with Gasteiger partial charge in [-0.15, -0.1) is 0 Å². The van der Waals surface area contributed by atoms with Gasteiger partial charge in [0.1, 0.15) is 0 Å². The second-order valence-electron chi connectivity index (χ2n) is 5.46. The molecule has 0 unspecified atom stereocenters. The monoisotopic (exact) mass is 377 g/mol. The van der Waals surface area contributed by atoms with Crippen molar-refractivity contribution in [1.82, 2.24) is 10.6 Å². The van der Waals surface area contributed by atoms with Crippen LogP contribution in [0.4, 0.5) is 13.2 Å². The molecule has 0 spiro atoms. The number of nitrogens with one attached hydrogen (secondary N) is 2. The van der Waals surface area contributed by atoms with Crippen LogP contribution in [0.15, 0.2) is 17.1 Å². The molecule has 1 rings (SSSR count). The minimum Gasteiger partial charge on any atom is -0.493 e. The molecule has 0 aliphatic carbocycles. The Kier molecular flexibility index (Phi) is 8.87. The highest BCUT2D eigenvalue weighted by Crippen LogP contribution is 2.38. The average molecular weight is 377 g/mol. The fourth-order valence-corrected chi connectivity index (χ4v) is 2.30. The van der Waals surface area contributed by atoms with Gasteiger partial charge in [0.2, 0.25) is 5.75 Å². The van der Waals surface area contributed by atoms with Crippen molar-refractivity contribution in [2.24, 2.45) is 4.99 Å². The van der Waals surface area contributed by atoms with Crippen LogP contribution in [0.25, 0.3) is 0 Å². The summed E-state index contributed by atoms with van der Waals surface area (Å²) in [7, 11) is 6.20. The van der Waals surface area contributed by atoms with E-state index in [1.165, 1.54) is 21.3 Å². The van der Waals surface area contributed by atoms with E-state index in [-0.39, 0.29) is 6.42 Å². The molecule has 0 atom stereocenters. The molecule has 0 saturated carbocycles. The molecule has 0 bridgehead atoms. The fraction of sp³-hybridized carbons (Fsp3) is 0.588. The maximum absolute atomic E-state index is 12.1. The molecule has 2 N–H and O–H groups in total. The Labute approximate surface area is 151 Å². The van der Waals surface area contributed by atoms with Gasteiger partial charge in [0.15, 0.2) is 17.5 Å². The zero-order valence-corrected chi connectivity index (χ0v) is 15.5. The largest absolute Gasteiger partial charge is 0.493 e. The van der Waals surface area contributed by atoms with Crippen molar-refractivity contribution in [3.63, 3.8) is 0 Å². The van der Waals surface area contributed by atoms with Gasteiger partial charge >= 0.3 is 6.18 Å². The van der Waals surface area contributed by atoms with Gasteiger partial charge in [0, 0.05) is 26.6 Å². The first-order valence-electron chi connectivity index (χ1n) is 8.14. The Morgan fingerprint density at radius 3 is 2.08 bits per heavy atom. The molecule has 0 heterocycles. The van der Waals surface area contributed by atoms with E-state index >= 15 is 0 Å². The van der Waals surface area contributed by atoms with E-state index < -0.39 is 12.6 Å². The van der Waals surface area contributed by atoms with Crippen LogP contribution in [0, 0.1) is 0 Å². The molecular weight excluding hydrogens is 351 g/mol. The quantitative estimate of drug-likeness (QED) is 0.393. The van der Waals surface area contributed by atoms with E-state index in [2.05, 4.69) is 15.6 Å². The van der Waals surface area contributed by atoms with E-state index in [9.17, 15) is 13.2 Å². The third-order valence-electron chi connectivity index (χ3n) is 3.59. The Bertz CT molecular complexity index is 567. The van der Waals surface area contributed by atoms with Crippen LogP contribution < -0.4 is 24.8 Å². The molecule has 1 aromatic rings. The van der Waals surface area contributed by atoms with Crippen LogP contribution in [-0.4, -0.2) is 47.1 Å². The number of nitrogens with zero attached hydrogens (tertiary/aromatic N) is 1. The first-order chi connectivity index (χ1) is 12.3. The molecule has 0 radical (unpaired) electrons. The molecular formula is C17H26F3N3O3. The van der Waals surface area contributed by atoms with Gasteiger partial charge in [-0.2, -0.15) is 13.2 Å². The number of ether oxygens (including phenoxy) is 3. The number of unbranched alkanes of at least 4 members (excludes halogenated alkanes) is 1. The summed E-state index contributed by atoms with van der Waals surface area (Å²) in [6.45, 7) is 0.837. The van der Waals surface area contributed by atoms with E-state index in [0.717, 1.165) is 5.56 Å². The lowest BCUT2D eigenvalue weighted by atomic mass is 10.2. The van der Waals surface area contributed by atoms with Gasteiger partial charge in [0.25, 0.3) is 0 Å². The first kappa shape index (κ1) is 21.7. The van der Waals surface area contributed by atoms with E-state index in [1.54, 1.807) is 7.05 Å². The van der Waals surface area contributed by atoms with Crippen molar-refractivity contribution < 1.29 is 27.4 Å². The molecule has 0 aliphatic heterocycles.